The van der Waals surface area contributed by atoms with Crippen LogP contribution in [0, 0.1) is 17.8 Å². The largest absolute Gasteiger partial charge is 0.493 e. The molecule has 0 radical (unpaired) electrons. The highest BCUT2D eigenvalue weighted by Gasteiger charge is 2.53. The zero-order valence-corrected chi connectivity index (χ0v) is 17.8. The maximum Gasteiger partial charge on any atom is 0.257 e. The second-order valence-corrected chi connectivity index (χ2v) is 9.84. The van der Waals surface area contributed by atoms with Crippen molar-refractivity contribution < 1.29 is 14.3 Å². The van der Waals surface area contributed by atoms with Gasteiger partial charge in [0, 0.05) is 11.0 Å². The molecule has 6 rings (SSSR count). The van der Waals surface area contributed by atoms with E-state index in [0.717, 1.165) is 22.8 Å². The van der Waals surface area contributed by atoms with Crippen LogP contribution in [-0.4, -0.2) is 29.8 Å². The molecule has 1 aromatic carbocycles. The second-order valence-electron chi connectivity index (χ2n) is 8.86. The molecule has 6 nitrogen and oxygen atoms in total. The lowest BCUT2D eigenvalue weighted by molar-refractivity contribution is -0.00555. The molecule has 4 aliphatic rings. The minimum absolute atomic E-state index is 0.206. The van der Waals surface area contributed by atoms with Crippen LogP contribution in [0.5, 0.6) is 11.5 Å². The topological polar surface area (TPSA) is 73.3 Å². The normalized spacial score (nSPS) is 29.7. The van der Waals surface area contributed by atoms with Crippen molar-refractivity contribution in [2.45, 2.75) is 50.9 Å². The van der Waals surface area contributed by atoms with E-state index in [2.05, 4.69) is 15.5 Å². The van der Waals surface area contributed by atoms with Gasteiger partial charge >= 0.3 is 0 Å². The van der Waals surface area contributed by atoms with Crippen molar-refractivity contribution in [2.24, 2.45) is 17.8 Å². The summed E-state index contributed by atoms with van der Waals surface area (Å²) < 4.78 is 10.9. The molecule has 0 aliphatic heterocycles. The average molecular weight is 414 g/mol. The van der Waals surface area contributed by atoms with Gasteiger partial charge in [-0.25, -0.2) is 0 Å². The first kappa shape index (κ1) is 18.9. The molecule has 4 aliphatic carbocycles. The molecule has 7 heteroatoms. The zero-order chi connectivity index (χ0) is 20.0. The van der Waals surface area contributed by atoms with E-state index in [0.29, 0.717) is 28.8 Å². The lowest BCUT2D eigenvalue weighted by atomic mass is 9.50. The van der Waals surface area contributed by atoms with Crippen LogP contribution in [0.15, 0.2) is 18.2 Å². The molecular formula is C22H27N3O3S. The van der Waals surface area contributed by atoms with Gasteiger partial charge < -0.3 is 9.47 Å². The Bertz CT molecular complexity index is 890. The summed E-state index contributed by atoms with van der Waals surface area (Å²) in [5.41, 5.74) is 0.717. The third-order valence-corrected chi connectivity index (χ3v) is 7.95. The summed E-state index contributed by atoms with van der Waals surface area (Å²) >= 11 is 1.56. The van der Waals surface area contributed by atoms with Crippen LogP contribution in [-0.2, 0) is 5.41 Å². The van der Waals surface area contributed by atoms with Crippen molar-refractivity contribution >= 4 is 22.4 Å². The highest BCUT2D eigenvalue weighted by Crippen LogP contribution is 2.61. The zero-order valence-electron chi connectivity index (χ0n) is 16.9. The number of nitrogens with zero attached hydrogens (tertiary/aromatic N) is 2. The van der Waals surface area contributed by atoms with Gasteiger partial charge in [0.05, 0.1) is 13.7 Å². The summed E-state index contributed by atoms with van der Waals surface area (Å²) in [6.45, 7) is 2.46. The van der Waals surface area contributed by atoms with Crippen molar-refractivity contribution in [2.75, 3.05) is 19.0 Å². The molecule has 1 heterocycles. The summed E-state index contributed by atoms with van der Waals surface area (Å²) in [7, 11) is 1.57. The van der Waals surface area contributed by atoms with Crippen molar-refractivity contribution in [3.8, 4) is 11.5 Å². The molecule has 0 atom stereocenters. The van der Waals surface area contributed by atoms with Crippen molar-refractivity contribution in [1.82, 2.24) is 10.2 Å². The minimum atomic E-state index is -0.209. The molecule has 4 bridgehead atoms. The van der Waals surface area contributed by atoms with Gasteiger partial charge in [0.2, 0.25) is 5.13 Å². The van der Waals surface area contributed by atoms with Gasteiger partial charge in [-0.1, -0.05) is 11.3 Å². The molecule has 0 unspecified atom stereocenters. The fourth-order valence-corrected chi connectivity index (χ4v) is 7.07. The number of carbonyl (C=O) groups excluding carboxylic acids is 1. The Kier molecular flexibility index (Phi) is 4.73. The smallest absolute Gasteiger partial charge is 0.257 e. The predicted molar refractivity (Wildman–Crippen MR) is 112 cm³/mol. The third-order valence-electron chi connectivity index (χ3n) is 6.86. The fraction of sp³-hybridized carbons (Fsp3) is 0.591. The summed E-state index contributed by atoms with van der Waals surface area (Å²) in [5.74, 6) is 3.55. The Hall–Kier alpha value is -2.15. The lowest BCUT2D eigenvalue weighted by Gasteiger charge is -2.55. The average Bonchev–Trinajstić information content (AvgIpc) is 3.17. The standard InChI is InChI=1S/C22H27N3O3S/c1-3-28-17-5-4-16(9-18(17)27-2)19(26)23-21-25-24-20(29-21)22-10-13-6-14(11-22)8-15(7-13)12-22/h4-5,9,13-15H,3,6-8,10-12H2,1-2H3,(H,23,25,26). The molecule has 1 aromatic heterocycles. The van der Waals surface area contributed by atoms with Crippen LogP contribution in [0.2, 0.25) is 0 Å². The number of hydrogen-bond acceptors (Lipinski definition) is 6. The van der Waals surface area contributed by atoms with Gasteiger partial charge in [-0.2, -0.15) is 0 Å². The number of amides is 1. The molecule has 4 fully saturated rings. The summed E-state index contributed by atoms with van der Waals surface area (Å²) in [4.78, 5) is 12.7. The maximum absolute atomic E-state index is 12.7. The number of ether oxygens (including phenoxy) is 2. The minimum Gasteiger partial charge on any atom is -0.493 e. The third kappa shape index (κ3) is 3.39. The molecule has 154 valence electrons. The van der Waals surface area contributed by atoms with Gasteiger partial charge in [-0.3, -0.25) is 10.1 Å². The Morgan fingerprint density at radius 2 is 1.83 bits per heavy atom. The van der Waals surface area contributed by atoms with Crippen LogP contribution in [0.1, 0.15) is 60.8 Å². The molecule has 29 heavy (non-hydrogen) atoms. The van der Waals surface area contributed by atoms with Crippen LogP contribution in [0.3, 0.4) is 0 Å². The monoisotopic (exact) mass is 413 g/mol. The van der Waals surface area contributed by atoms with E-state index >= 15 is 0 Å². The molecule has 0 saturated heterocycles. The number of hydrogen-bond donors (Lipinski definition) is 1. The Labute approximate surface area is 175 Å². The van der Waals surface area contributed by atoms with E-state index in [4.69, 9.17) is 9.47 Å². The maximum atomic E-state index is 12.7. The summed E-state index contributed by atoms with van der Waals surface area (Å²) in [6.07, 6.45) is 7.96. The summed E-state index contributed by atoms with van der Waals surface area (Å²) in [6, 6.07) is 5.20. The van der Waals surface area contributed by atoms with E-state index in [-0.39, 0.29) is 11.3 Å². The summed E-state index contributed by atoms with van der Waals surface area (Å²) in [5, 5.41) is 13.5. The van der Waals surface area contributed by atoms with Crippen molar-refractivity contribution in [3.05, 3.63) is 28.8 Å². The molecule has 0 spiro atoms. The number of methoxy groups -OCH3 is 1. The van der Waals surface area contributed by atoms with E-state index in [1.54, 1.807) is 36.6 Å². The van der Waals surface area contributed by atoms with Crippen LogP contribution >= 0.6 is 11.3 Å². The fourth-order valence-electron chi connectivity index (χ4n) is 6.11. The van der Waals surface area contributed by atoms with Crippen molar-refractivity contribution in [1.29, 1.82) is 0 Å². The van der Waals surface area contributed by atoms with E-state index in [1.807, 2.05) is 6.92 Å². The number of nitrogens with one attached hydrogen (secondary N) is 1. The molecule has 1 N–H and O–H groups in total. The van der Waals surface area contributed by atoms with Gasteiger partial charge in [0.1, 0.15) is 5.01 Å². The van der Waals surface area contributed by atoms with Crippen LogP contribution < -0.4 is 14.8 Å². The lowest BCUT2D eigenvalue weighted by Crippen LogP contribution is -2.48. The van der Waals surface area contributed by atoms with Gasteiger partial charge in [-0.05, 0) is 81.4 Å². The van der Waals surface area contributed by atoms with E-state index < -0.39 is 0 Å². The van der Waals surface area contributed by atoms with Crippen LogP contribution in [0.4, 0.5) is 5.13 Å². The number of rotatable bonds is 6. The van der Waals surface area contributed by atoms with E-state index in [9.17, 15) is 4.79 Å². The molecule has 4 saturated carbocycles. The Morgan fingerprint density at radius 3 is 2.45 bits per heavy atom. The number of aromatic nitrogens is 2. The molecule has 1 amide bonds. The van der Waals surface area contributed by atoms with E-state index in [1.165, 1.54) is 38.5 Å². The van der Waals surface area contributed by atoms with Gasteiger partial charge in [0.25, 0.3) is 5.91 Å². The predicted octanol–water partition coefficient (Wildman–Crippen LogP) is 4.67. The number of anilines is 1. The van der Waals surface area contributed by atoms with Crippen LogP contribution in [0.25, 0.3) is 0 Å². The first-order valence-electron chi connectivity index (χ1n) is 10.5. The highest BCUT2D eigenvalue weighted by atomic mass is 32.1. The SMILES string of the molecule is CCOc1ccc(C(=O)Nc2nnc(C34CC5CC(CC(C5)C3)C4)s2)cc1OC. The van der Waals surface area contributed by atoms with Gasteiger partial charge in [-0.15, -0.1) is 10.2 Å². The van der Waals surface area contributed by atoms with Gasteiger partial charge in [0.15, 0.2) is 11.5 Å². The Balaban J connectivity index is 1.32. The number of benzene rings is 1. The highest BCUT2D eigenvalue weighted by molar-refractivity contribution is 7.15. The molecular weight excluding hydrogens is 386 g/mol. The van der Waals surface area contributed by atoms with Crippen molar-refractivity contribution in [3.63, 3.8) is 0 Å². The first-order valence-corrected chi connectivity index (χ1v) is 11.4. The first-order chi connectivity index (χ1) is 14.1. The quantitative estimate of drug-likeness (QED) is 0.745. The Morgan fingerprint density at radius 1 is 1.14 bits per heavy atom. The second kappa shape index (κ2) is 7.27. The molecule has 2 aromatic rings. The number of carbonyl (C=O) groups is 1.